The highest BCUT2D eigenvalue weighted by Gasteiger charge is 2.30. The first-order valence-electron chi connectivity index (χ1n) is 8.26. The van der Waals surface area contributed by atoms with E-state index >= 15 is 0 Å². The van der Waals surface area contributed by atoms with Gasteiger partial charge in [0.05, 0.1) is 16.9 Å². The summed E-state index contributed by atoms with van der Waals surface area (Å²) in [5, 5.41) is 8.59. The van der Waals surface area contributed by atoms with Crippen molar-refractivity contribution in [3.63, 3.8) is 0 Å². The van der Waals surface area contributed by atoms with Gasteiger partial charge in [0.2, 0.25) is 0 Å². The maximum absolute atomic E-state index is 13.5. The summed E-state index contributed by atoms with van der Waals surface area (Å²) >= 11 is 0. The smallest absolute Gasteiger partial charge is 0.292 e. The van der Waals surface area contributed by atoms with E-state index < -0.39 is 29.5 Å². The number of rotatable bonds is 3. The van der Waals surface area contributed by atoms with Crippen molar-refractivity contribution >= 4 is 17.8 Å². The molecule has 1 heterocycles. The first kappa shape index (κ1) is 20.1. The predicted octanol–water partition coefficient (Wildman–Crippen LogP) is 4.30. The lowest BCUT2D eigenvalue weighted by Gasteiger charge is -2.10. The van der Waals surface area contributed by atoms with Crippen molar-refractivity contribution in [3.05, 3.63) is 77.2 Å². The minimum Gasteiger partial charge on any atom is -0.292 e. The fourth-order valence-corrected chi connectivity index (χ4v) is 2.53. The van der Waals surface area contributed by atoms with Gasteiger partial charge in [0, 0.05) is 11.6 Å². The molecule has 10 heteroatoms. The second-order valence-electron chi connectivity index (χ2n) is 6.05. The van der Waals surface area contributed by atoms with Crippen molar-refractivity contribution in [2.75, 3.05) is 5.32 Å². The molecule has 150 valence electrons. The van der Waals surface area contributed by atoms with Crippen LogP contribution >= 0.6 is 0 Å². The molecule has 0 fully saturated rings. The normalized spacial score (nSPS) is 11.2. The molecule has 0 saturated carbocycles. The third-order valence-electron chi connectivity index (χ3n) is 3.83. The molecule has 0 bridgehead atoms. The zero-order valence-corrected chi connectivity index (χ0v) is 14.9. The lowest BCUT2D eigenvalue weighted by atomic mass is 10.1. The monoisotopic (exact) mass is 406 g/mol. The summed E-state index contributed by atoms with van der Waals surface area (Å²) < 4.78 is 52.5. The highest BCUT2D eigenvalue weighted by molar-refractivity contribution is 6.07. The Morgan fingerprint density at radius 1 is 1.03 bits per heavy atom. The number of hydrogen-bond donors (Lipinski definition) is 2. The first-order valence-corrected chi connectivity index (χ1v) is 8.26. The Hall–Kier alpha value is -3.69. The maximum Gasteiger partial charge on any atom is 0.416 e. The Labute approximate surface area is 162 Å². The summed E-state index contributed by atoms with van der Waals surface area (Å²) in [4.78, 5) is 24.2. The lowest BCUT2D eigenvalue weighted by molar-refractivity contribution is -0.137. The maximum atomic E-state index is 13.5. The molecule has 1 aromatic heterocycles. The zero-order valence-electron chi connectivity index (χ0n) is 14.9. The third-order valence-corrected chi connectivity index (χ3v) is 3.83. The molecule has 3 rings (SSSR count). The molecule has 0 saturated heterocycles. The van der Waals surface area contributed by atoms with E-state index in [9.17, 15) is 27.2 Å². The number of nitrogens with one attached hydrogen (secondary N) is 2. The number of aryl methyl sites for hydroxylation is 1. The molecule has 0 atom stereocenters. The average molecular weight is 406 g/mol. The average Bonchev–Trinajstić information content (AvgIpc) is 3.01. The van der Waals surface area contributed by atoms with E-state index in [0.717, 1.165) is 24.3 Å². The number of anilines is 1. The Kier molecular flexibility index (Phi) is 5.35. The molecule has 2 N–H and O–H groups in total. The molecule has 3 amide bonds. The van der Waals surface area contributed by atoms with E-state index in [2.05, 4.69) is 10.4 Å². The lowest BCUT2D eigenvalue weighted by Crippen LogP contribution is -2.34. The van der Waals surface area contributed by atoms with Gasteiger partial charge in [-0.05, 0) is 49.4 Å². The van der Waals surface area contributed by atoms with Crippen LogP contribution in [-0.2, 0) is 6.18 Å². The van der Waals surface area contributed by atoms with Crippen LogP contribution in [-0.4, -0.2) is 21.7 Å². The Balaban J connectivity index is 1.72. The number of carbonyl (C=O) groups is 2. The number of imide groups is 1. The topological polar surface area (TPSA) is 76.0 Å². The van der Waals surface area contributed by atoms with Crippen LogP contribution in [0.15, 0.2) is 54.6 Å². The second-order valence-corrected chi connectivity index (χ2v) is 6.05. The van der Waals surface area contributed by atoms with E-state index in [1.807, 2.05) is 5.32 Å². The number of hydrogen-bond acceptors (Lipinski definition) is 3. The van der Waals surface area contributed by atoms with Crippen LogP contribution in [0.5, 0.6) is 0 Å². The van der Waals surface area contributed by atoms with Crippen molar-refractivity contribution in [1.82, 2.24) is 15.1 Å². The second kappa shape index (κ2) is 7.74. The number of alkyl halides is 3. The Morgan fingerprint density at radius 2 is 1.72 bits per heavy atom. The highest BCUT2D eigenvalue weighted by atomic mass is 19.4. The minimum atomic E-state index is -4.53. The fourth-order valence-electron chi connectivity index (χ4n) is 2.53. The largest absolute Gasteiger partial charge is 0.416 e. The van der Waals surface area contributed by atoms with Gasteiger partial charge < -0.3 is 0 Å². The number of benzene rings is 2. The van der Waals surface area contributed by atoms with Crippen LogP contribution in [0.3, 0.4) is 0 Å². The minimum absolute atomic E-state index is 0.122. The number of aromatic nitrogens is 2. The van der Waals surface area contributed by atoms with Gasteiger partial charge in [0.25, 0.3) is 5.91 Å². The SMILES string of the molecule is Cc1cc(NC(=O)NC(=O)c2ccc(C(F)(F)F)cc2)n(-c2cccc(F)c2)n1. The molecule has 2 aromatic carbocycles. The molecule has 0 aliphatic heterocycles. The molecule has 0 unspecified atom stereocenters. The molecule has 0 aliphatic rings. The standard InChI is InChI=1S/C19H14F4N4O2/c1-11-9-16(27(26-11)15-4-2-3-14(20)10-15)24-18(29)25-17(28)12-5-7-13(8-6-12)19(21,22)23/h2-10H,1H3,(H2,24,25,28,29). The molecule has 29 heavy (non-hydrogen) atoms. The van der Waals surface area contributed by atoms with E-state index in [1.165, 1.54) is 28.9 Å². The summed E-state index contributed by atoms with van der Waals surface area (Å²) in [6.07, 6.45) is -4.53. The van der Waals surface area contributed by atoms with Crippen molar-refractivity contribution in [1.29, 1.82) is 0 Å². The molecular formula is C19H14F4N4O2. The molecule has 0 radical (unpaired) electrons. The van der Waals surface area contributed by atoms with Gasteiger partial charge in [-0.1, -0.05) is 6.07 Å². The fraction of sp³-hybridized carbons (Fsp3) is 0.105. The summed E-state index contributed by atoms with van der Waals surface area (Å²) in [5.74, 6) is -1.21. The molecule has 0 aliphatic carbocycles. The quantitative estimate of drug-likeness (QED) is 0.637. The highest BCUT2D eigenvalue weighted by Crippen LogP contribution is 2.29. The van der Waals surface area contributed by atoms with Crippen LogP contribution < -0.4 is 10.6 Å². The van der Waals surface area contributed by atoms with Crippen LogP contribution in [0.4, 0.5) is 28.2 Å². The van der Waals surface area contributed by atoms with Gasteiger partial charge in [0.1, 0.15) is 11.6 Å². The Bertz CT molecular complexity index is 1060. The molecule has 0 spiro atoms. The summed E-state index contributed by atoms with van der Waals surface area (Å²) in [7, 11) is 0. The van der Waals surface area contributed by atoms with Gasteiger partial charge in [-0.3, -0.25) is 15.4 Å². The number of urea groups is 1. The van der Waals surface area contributed by atoms with Crippen molar-refractivity contribution in [2.45, 2.75) is 13.1 Å². The third kappa shape index (κ3) is 4.78. The Morgan fingerprint density at radius 3 is 2.34 bits per heavy atom. The van der Waals surface area contributed by atoms with Crippen molar-refractivity contribution in [3.8, 4) is 5.69 Å². The van der Waals surface area contributed by atoms with Crippen molar-refractivity contribution in [2.24, 2.45) is 0 Å². The zero-order chi connectivity index (χ0) is 21.2. The number of amides is 3. The molecular weight excluding hydrogens is 392 g/mol. The van der Waals surface area contributed by atoms with Crippen LogP contribution in [0.1, 0.15) is 21.6 Å². The summed E-state index contributed by atoms with van der Waals surface area (Å²) in [5.41, 5.74) is -0.156. The van der Waals surface area contributed by atoms with Gasteiger partial charge >= 0.3 is 12.2 Å². The molecule has 3 aromatic rings. The van der Waals surface area contributed by atoms with Gasteiger partial charge in [0.15, 0.2) is 0 Å². The first-order chi connectivity index (χ1) is 13.6. The van der Waals surface area contributed by atoms with Crippen LogP contribution in [0.25, 0.3) is 5.69 Å². The molecule has 6 nitrogen and oxygen atoms in total. The van der Waals surface area contributed by atoms with E-state index in [1.54, 1.807) is 13.0 Å². The number of nitrogens with zero attached hydrogens (tertiary/aromatic N) is 2. The van der Waals surface area contributed by atoms with Crippen LogP contribution in [0.2, 0.25) is 0 Å². The van der Waals surface area contributed by atoms with E-state index in [-0.39, 0.29) is 11.4 Å². The van der Waals surface area contributed by atoms with Gasteiger partial charge in [-0.25, -0.2) is 13.9 Å². The van der Waals surface area contributed by atoms with Gasteiger partial charge in [-0.15, -0.1) is 0 Å². The van der Waals surface area contributed by atoms with E-state index in [0.29, 0.717) is 11.4 Å². The number of halogens is 4. The number of carbonyl (C=O) groups excluding carboxylic acids is 2. The summed E-state index contributed by atoms with van der Waals surface area (Å²) in [6, 6.07) is 9.51. The predicted molar refractivity (Wildman–Crippen MR) is 96.2 cm³/mol. The van der Waals surface area contributed by atoms with Gasteiger partial charge in [-0.2, -0.15) is 18.3 Å². The van der Waals surface area contributed by atoms with E-state index in [4.69, 9.17) is 0 Å². The van der Waals surface area contributed by atoms with Crippen molar-refractivity contribution < 1.29 is 27.2 Å². The van der Waals surface area contributed by atoms with Crippen LogP contribution in [0, 0.1) is 12.7 Å². The summed E-state index contributed by atoms with van der Waals surface area (Å²) in [6.45, 7) is 1.66.